The first-order chi connectivity index (χ1) is 16.1. The van der Waals surface area contributed by atoms with Gasteiger partial charge in [-0.15, -0.1) is 5.10 Å². The molecule has 0 unspecified atom stereocenters. The lowest BCUT2D eigenvalue weighted by Crippen LogP contribution is -2.00. The molecular formula is C25H18F2N4O2. The van der Waals surface area contributed by atoms with Gasteiger partial charge in [-0.05, 0) is 60.7 Å². The molecule has 3 aromatic carbocycles. The minimum atomic E-state index is -0.353. The summed E-state index contributed by atoms with van der Waals surface area (Å²) >= 11 is 0. The number of rotatable bonds is 6. The zero-order valence-electron chi connectivity index (χ0n) is 17.6. The van der Waals surface area contributed by atoms with Gasteiger partial charge >= 0.3 is 0 Å². The van der Waals surface area contributed by atoms with Crippen LogP contribution in [0, 0.1) is 11.6 Å². The van der Waals surface area contributed by atoms with E-state index in [-0.39, 0.29) is 18.2 Å². The molecule has 0 saturated carbocycles. The van der Waals surface area contributed by atoms with Gasteiger partial charge in [0.25, 0.3) is 0 Å². The van der Waals surface area contributed by atoms with Crippen LogP contribution in [0.4, 0.5) is 8.78 Å². The van der Waals surface area contributed by atoms with Crippen LogP contribution in [-0.4, -0.2) is 27.1 Å². The molecule has 0 fully saturated rings. The predicted molar refractivity (Wildman–Crippen MR) is 118 cm³/mol. The number of hydrogen-bond donors (Lipinski definition) is 0. The monoisotopic (exact) mass is 444 g/mol. The van der Waals surface area contributed by atoms with Crippen molar-refractivity contribution in [1.29, 1.82) is 0 Å². The summed E-state index contributed by atoms with van der Waals surface area (Å²) in [5.41, 5.74) is 3.33. The second-order valence-corrected chi connectivity index (χ2v) is 7.30. The number of oxazole rings is 1. The average molecular weight is 444 g/mol. The van der Waals surface area contributed by atoms with E-state index in [1.807, 2.05) is 24.3 Å². The van der Waals surface area contributed by atoms with Crippen molar-refractivity contribution >= 4 is 0 Å². The molecule has 2 aromatic heterocycles. The molecule has 0 bridgehead atoms. The van der Waals surface area contributed by atoms with E-state index in [1.54, 1.807) is 42.3 Å². The molecule has 0 spiro atoms. The van der Waals surface area contributed by atoms with Crippen molar-refractivity contribution in [3.63, 3.8) is 0 Å². The normalized spacial score (nSPS) is 11.0. The number of methoxy groups -OCH3 is 1. The standard InChI is InChI=1S/C25H18F2N4O2/c1-32-22-5-3-2-4-20(22)21-14-31(30-29-21)15-23-28-24(16-6-10-18(26)11-7-16)25(33-23)17-8-12-19(27)13-9-17/h2-14H,15H2,1H3. The number of benzene rings is 3. The van der Waals surface area contributed by atoms with Crippen LogP contribution >= 0.6 is 0 Å². The van der Waals surface area contributed by atoms with E-state index < -0.39 is 0 Å². The Bertz CT molecular complexity index is 1330. The second kappa shape index (κ2) is 8.66. The average Bonchev–Trinajstić information content (AvgIpc) is 3.48. The summed E-state index contributed by atoms with van der Waals surface area (Å²) in [6, 6.07) is 19.4. The summed E-state index contributed by atoms with van der Waals surface area (Å²) in [6.45, 7) is 0.220. The maximum atomic E-state index is 13.4. The summed E-state index contributed by atoms with van der Waals surface area (Å²) in [6.07, 6.45) is 1.77. The van der Waals surface area contributed by atoms with Crippen molar-refractivity contribution in [2.24, 2.45) is 0 Å². The lowest BCUT2D eigenvalue weighted by atomic mass is 10.1. The lowest BCUT2D eigenvalue weighted by molar-refractivity contribution is 0.416. The van der Waals surface area contributed by atoms with E-state index >= 15 is 0 Å². The Kier molecular flexibility index (Phi) is 5.40. The number of hydrogen-bond acceptors (Lipinski definition) is 5. The van der Waals surface area contributed by atoms with Gasteiger partial charge in [0.1, 0.15) is 35.3 Å². The quantitative estimate of drug-likeness (QED) is 0.341. The maximum absolute atomic E-state index is 13.4. The second-order valence-electron chi connectivity index (χ2n) is 7.30. The van der Waals surface area contributed by atoms with E-state index in [9.17, 15) is 8.78 Å². The Labute approximate surface area is 188 Å². The van der Waals surface area contributed by atoms with Gasteiger partial charge in [0.15, 0.2) is 5.76 Å². The number of nitrogens with zero attached hydrogens (tertiary/aromatic N) is 4. The van der Waals surface area contributed by atoms with Gasteiger partial charge in [-0.25, -0.2) is 18.4 Å². The molecule has 6 nitrogen and oxygen atoms in total. The van der Waals surface area contributed by atoms with E-state index in [1.165, 1.54) is 24.3 Å². The molecule has 0 atom stereocenters. The minimum absolute atomic E-state index is 0.220. The van der Waals surface area contributed by atoms with Gasteiger partial charge in [0.2, 0.25) is 5.89 Å². The molecule has 0 radical (unpaired) electrons. The molecule has 164 valence electrons. The molecule has 0 aliphatic rings. The highest BCUT2D eigenvalue weighted by Crippen LogP contribution is 2.33. The van der Waals surface area contributed by atoms with E-state index in [2.05, 4.69) is 15.3 Å². The third-order valence-electron chi connectivity index (χ3n) is 5.11. The van der Waals surface area contributed by atoms with Gasteiger partial charge in [0.05, 0.1) is 13.3 Å². The Morgan fingerprint density at radius 3 is 2.24 bits per heavy atom. The highest BCUT2D eigenvalue weighted by molar-refractivity contribution is 5.76. The fourth-order valence-electron chi connectivity index (χ4n) is 3.53. The Hall–Kier alpha value is -4.33. The van der Waals surface area contributed by atoms with Crippen LogP contribution in [0.1, 0.15) is 5.89 Å². The topological polar surface area (TPSA) is 66.0 Å². The van der Waals surface area contributed by atoms with Gasteiger partial charge in [-0.2, -0.15) is 0 Å². The molecule has 5 aromatic rings. The van der Waals surface area contributed by atoms with Crippen molar-refractivity contribution in [3.05, 3.63) is 96.5 Å². The Balaban J connectivity index is 1.50. The van der Waals surface area contributed by atoms with Crippen LogP contribution in [0.5, 0.6) is 5.75 Å². The number of aromatic nitrogens is 4. The fraction of sp³-hybridized carbons (Fsp3) is 0.0800. The molecule has 0 saturated heterocycles. The lowest BCUT2D eigenvalue weighted by Gasteiger charge is -2.04. The maximum Gasteiger partial charge on any atom is 0.217 e. The highest BCUT2D eigenvalue weighted by Gasteiger charge is 2.18. The van der Waals surface area contributed by atoms with E-state index in [4.69, 9.17) is 9.15 Å². The molecule has 0 aliphatic carbocycles. The van der Waals surface area contributed by atoms with Crippen molar-refractivity contribution in [1.82, 2.24) is 20.0 Å². The molecule has 5 rings (SSSR count). The summed E-state index contributed by atoms with van der Waals surface area (Å²) < 4.78 is 39.9. The number of halogens is 2. The van der Waals surface area contributed by atoms with Crippen LogP contribution < -0.4 is 4.74 Å². The van der Waals surface area contributed by atoms with Gasteiger partial charge < -0.3 is 9.15 Å². The molecule has 0 N–H and O–H groups in total. The smallest absolute Gasteiger partial charge is 0.217 e. The third-order valence-corrected chi connectivity index (χ3v) is 5.11. The summed E-state index contributed by atoms with van der Waals surface area (Å²) in [7, 11) is 1.60. The Morgan fingerprint density at radius 2 is 1.55 bits per heavy atom. The van der Waals surface area contributed by atoms with Crippen molar-refractivity contribution < 1.29 is 17.9 Å². The van der Waals surface area contributed by atoms with Crippen LogP contribution in [0.3, 0.4) is 0 Å². The molecular weight excluding hydrogens is 426 g/mol. The summed E-state index contributed by atoms with van der Waals surface area (Å²) in [5.74, 6) is 0.829. The molecule has 0 aliphatic heterocycles. The van der Waals surface area contributed by atoms with Gasteiger partial charge in [-0.3, -0.25) is 0 Å². The van der Waals surface area contributed by atoms with Crippen LogP contribution in [0.25, 0.3) is 33.8 Å². The van der Waals surface area contributed by atoms with Gasteiger partial charge in [0, 0.05) is 16.7 Å². The van der Waals surface area contributed by atoms with E-state index in [0.29, 0.717) is 39.9 Å². The van der Waals surface area contributed by atoms with Crippen molar-refractivity contribution in [2.45, 2.75) is 6.54 Å². The molecule has 8 heteroatoms. The molecule has 2 heterocycles. The Morgan fingerprint density at radius 1 is 0.879 bits per heavy atom. The number of ether oxygens (including phenoxy) is 1. The predicted octanol–water partition coefficient (Wildman–Crippen LogP) is 5.60. The van der Waals surface area contributed by atoms with Crippen molar-refractivity contribution in [2.75, 3.05) is 7.11 Å². The van der Waals surface area contributed by atoms with Gasteiger partial charge in [-0.1, -0.05) is 17.3 Å². The highest BCUT2D eigenvalue weighted by atomic mass is 19.1. The summed E-state index contributed by atoms with van der Waals surface area (Å²) in [5, 5.41) is 8.42. The van der Waals surface area contributed by atoms with Crippen LogP contribution in [0.15, 0.2) is 83.4 Å². The molecule has 0 amide bonds. The largest absolute Gasteiger partial charge is 0.496 e. The zero-order chi connectivity index (χ0) is 22.8. The van der Waals surface area contributed by atoms with Crippen LogP contribution in [0.2, 0.25) is 0 Å². The minimum Gasteiger partial charge on any atom is -0.496 e. The summed E-state index contributed by atoms with van der Waals surface area (Å²) in [4.78, 5) is 4.62. The fourth-order valence-corrected chi connectivity index (χ4v) is 3.53. The van der Waals surface area contributed by atoms with E-state index in [0.717, 1.165) is 5.56 Å². The first-order valence-corrected chi connectivity index (χ1v) is 10.2. The zero-order valence-corrected chi connectivity index (χ0v) is 17.6. The van der Waals surface area contributed by atoms with Crippen molar-refractivity contribution in [3.8, 4) is 39.6 Å². The van der Waals surface area contributed by atoms with Crippen LogP contribution in [-0.2, 0) is 6.54 Å². The number of para-hydroxylation sites is 1. The molecule has 33 heavy (non-hydrogen) atoms. The SMILES string of the molecule is COc1ccccc1-c1cn(Cc2nc(-c3ccc(F)cc3)c(-c3ccc(F)cc3)o2)nn1. The first kappa shape index (κ1) is 20.6. The third kappa shape index (κ3) is 4.23. The first-order valence-electron chi connectivity index (χ1n) is 10.2.